The van der Waals surface area contributed by atoms with Crippen LogP contribution < -0.4 is 0 Å². The number of rotatable bonds is 5. The van der Waals surface area contributed by atoms with Crippen molar-refractivity contribution in [3.05, 3.63) is 53.2 Å². The van der Waals surface area contributed by atoms with E-state index in [1.807, 2.05) is 6.92 Å². The Morgan fingerprint density at radius 1 is 1.32 bits per heavy atom. The molecule has 3 rings (SSSR count). The number of alkyl halides is 3. The number of hydrogen-bond acceptors (Lipinski definition) is 3. The summed E-state index contributed by atoms with van der Waals surface area (Å²) in [7, 11) is 0. The molecule has 136 valence electrons. The van der Waals surface area contributed by atoms with Crippen LogP contribution in [0.25, 0.3) is 0 Å². The molecule has 25 heavy (non-hydrogen) atoms. The fourth-order valence-corrected chi connectivity index (χ4v) is 3.51. The number of aromatic nitrogens is 1. The minimum atomic E-state index is -4.27. The molecule has 0 bridgehead atoms. The summed E-state index contributed by atoms with van der Waals surface area (Å²) in [5, 5.41) is 0. The minimum Gasteiger partial charge on any atom is -0.449 e. The van der Waals surface area contributed by atoms with Crippen LogP contribution in [-0.2, 0) is 19.1 Å². The first-order valence-corrected chi connectivity index (χ1v) is 8.69. The van der Waals surface area contributed by atoms with Crippen LogP contribution in [0.1, 0.15) is 42.0 Å². The number of nitrogens with zero attached hydrogens (tertiary/aromatic N) is 2. The van der Waals surface area contributed by atoms with E-state index in [9.17, 15) is 13.2 Å². The number of aryl methyl sites for hydroxylation is 2. The molecule has 1 fully saturated rings. The number of likely N-dealkylation sites (tertiary alicyclic amines) is 1. The van der Waals surface area contributed by atoms with E-state index in [0.717, 1.165) is 56.2 Å². The van der Waals surface area contributed by atoms with Crippen LogP contribution in [-0.4, -0.2) is 23.0 Å². The van der Waals surface area contributed by atoms with Crippen molar-refractivity contribution in [2.24, 2.45) is 5.92 Å². The summed E-state index contributed by atoms with van der Waals surface area (Å²) in [5.41, 5.74) is 1.15. The van der Waals surface area contributed by atoms with Gasteiger partial charge >= 0.3 is 6.18 Å². The molecule has 1 aromatic carbocycles. The molecular weight excluding hydrogens is 329 g/mol. The van der Waals surface area contributed by atoms with Crippen LogP contribution in [0.4, 0.5) is 13.2 Å². The molecule has 0 unspecified atom stereocenters. The van der Waals surface area contributed by atoms with Gasteiger partial charge in [-0.25, -0.2) is 4.98 Å². The molecular formula is C19H23F3N2O. The van der Waals surface area contributed by atoms with Gasteiger partial charge in [0.1, 0.15) is 6.26 Å². The van der Waals surface area contributed by atoms with E-state index in [2.05, 4.69) is 9.88 Å². The Morgan fingerprint density at radius 2 is 2.16 bits per heavy atom. The standard InChI is InChI=1S/C19H23F3N2O/c1-14-23-18(13-25-14)12-24-9-3-5-16(11-24)8-7-15-4-2-6-17(10-15)19(20,21)22/h2,4,6,10,13,16H,3,5,7-9,11-12H2,1H3/t16-/m0/s1. The van der Waals surface area contributed by atoms with Crippen LogP contribution in [0, 0.1) is 12.8 Å². The molecule has 0 radical (unpaired) electrons. The molecule has 0 amide bonds. The zero-order chi connectivity index (χ0) is 17.9. The second-order valence-electron chi connectivity index (χ2n) is 6.84. The first-order valence-electron chi connectivity index (χ1n) is 8.69. The van der Waals surface area contributed by atoms with Gasteiger partial charge in [0.2, 0.25) is 0 Å². The Kier molecular flexibility index (Phi) is 5.47. The van der Waals surface area contributed by atoms with Crippen molar-refractivity contribution in [3.8, 4) is 0 Å². The lowest BCUT2D eigenvalue weighted by atomic mass is 9.91. The van der Waals surface area contributed by atoms with Crippen molar-refractivity contribution in [1.82, 2.24) is 9.88 Å². The Hall–Kier alpha value is -1.82. The van der Waals surface area contributed by atoms with Gasteiger partial charge in [0, 0.05) is 20.0 Å². The normalized spacial score (nSPS) is 19.3. The number of piperidine rings is 1. The maximum atomic E-state index is 12.8. The molecule has 0 saturated carbocycles. The van der Waals surface area contributed by atoms with Crippen molar-refractivity contribution < 1.29 is 17.6 Å². The van der Waals surface area contributed by atoms with E-state index in [1.165, 1.54) is 12.1 Å². The predicted octanol–water partition coefficient (Wildman–Crippen LogP) is 4.85. The lowest BCUT2D eigenvalue weighted by Crippen LogP contribution is -2.35. The highest BCUT2D eigenvalue weighted by Crippen LogP contribution is 2.30. The van der Waals surface area contributed by atoms with Crippen molar-refractivity contribution >= 4 is 0 Å². The monoisotopic (exact) mass is 352 g/mol. The quantitative estimate of drug-likeness (QED) is 0.771. The van der Waals surface area contributed by atoms with E-state index in [4.69, 9.17) is 4.42 Å². The van der Waals surface area contributed by atoms with Gasteiger partial charge in [0.05, 0.1) is 11.3 Å². The molecule has 2 aromatic rings. The van der Waals surface area contributed by atoms with E-state index >= 15 is 0 Å². The van der Waals surface area contributed by atoms with Crippen LogP contribution in [0.15, 0.2) is 34.9 Å². The number of hydrogen-bond donors (Lipinski definition) is 0. The third kappa shape index (κ3) is 5.08. The first kappa shape index (κ1) is 18.0. The second kappa shape index (κ2) is 7.60. The van der Waals surface area contributed by atoms with Crippen molar-refractivity contribution in [2.75, 3.05) is 13.1 Å². The third-order valence-electron chi connectivity index (χ3n) is 4.75. The van der Waals surface area contributed by atoms with Gasteiger partial charge in [-0.05, 0) is 49.8 Å². The average Bonchev–Trinajstić information content (AvgIpc) is 2.98. The number of halogens is 3. The van der Waals surface area contributed by atoms with E-state index < -0.39 is 11.7 Å². The highest BCUT2D eigenvalue weighted by atomic mass is 19.4. The average molecular weight is 352 g/mol. The van der Waals surface area contributed by atoms with Crippen molar-refractivity contribution in [1.29, 1.82) is 0 Å². The zero-order valence-electron chi connectivity index (χ0n) is 14.4. The van der Waals surface area contributed by atoms with Crippen molar-refractivity contribution in [3.63, 3.8) is 0 Å². The first-order chi connectivity index (χ1) is 11.9. The Morgan fingerprint density at radius 3 is 2.88 bits per heavy atom. The van der Waals surface area contributed by atoms with Gasteiger partial charge in [-0.2, -0.15) is 13.2 Å². The molecule has 3 nitrogen and oxygen atoms in total. The molecule has 1 aliphatic heterocycles. The SMILES string of the molecule is Cc1nc(CN2CCC[C@@H](CCc3cccc(C(F)(F)F)c3)C2)co1. The topological polar surface area (TPSA) is 29.3 Å². The molecule has 1 aromatic heterocycles. The molecule has 1 saturated heterocycles. The summed E-state index contributed by atoms with van der Waals surface area (Å²) < 4.78 is 43.7. The van der Waals surface area contributed by atoms with Gasteiger partial charge in [0.25, 0.3) is 0 Å². The predicted molar refractivity (Wildman–Crippen MR) is 89.0 cm³/mol. The Balaban J connectivity index is 1.53. The van der Waals surface area contributed by atoms with Gasteiger partial charge in [-0.1, -0.05) is 18.2 Å². The largest absolute Gasteiger partial charge is 0.449 e. The summed E-state index contributed by atoms with van der Waals surface area (Å²) in [4.78, 5) is 6.70. The van der Waals surface area contributed by atoms with Gasteiger partial charge in [-0.15, -0.1) is 0 Å². The molecule has 1 atom stereocenters. The van der Waals surface area contributed by atoms with E-state index in [0.29, 0.717) is 18.2 Å². The van der Waals surface area contributed by atoms with Crippen molar-refractivity contribution in [2.45, 2.75) is 45.3 Å². The minimum absolute atomic E-state index is 0.510. The van der Waals surface area contributed by atoms with Crippen LogP contribution in [0.3, 0.4) is 0 Å². The smallest absolute Gasteiger partial charge is 0.416 e. The Bertz CT molecular complexity index is 696. The summed E-state index contributed by atoms with van der Waals surface area (Å²) in [6.45, 7) is 4.60. The molecule has 1 aliphatic rings. The molecule has 0 spiro atoms. The van der Waals surface area contributed by atoms with Crippen LogP contribution >= 0.6 is 0 Å². The fraction of sp³-hybridized carbons (Fsp3) is 0.526. The van der Waals surface area contributed by atoms with E-state index in [1.54, 1.807) is 12.3 Å². The number of oxazole rings is 1. The molecule has 2 heterocycles. The Labute approximate surface area is 145 Å². The number of benzene rings is 1. The summed E-state index contributed by atoms with van der Waals surface area (Å²) in [6, 6.07) is 5.69. The molecule has 0 N–H and O–H groups in total. The summed E-state index contributed by atoms with van der Waals surface area (Å²) >= 11 is 0. The summed E-state index contributed by atoms with van der Waals surface area (Å²) in [5.74, 6) is 1.18. The second-order valence-corrected chi connectivity index (χ2v) is 6.84. The lowest BCUT2D eigenvalue weighted by molar-refractivity contribution is -0.137. The molecule has 6 heteroatoms. The van der Waals surface area contributed by atoms with E-state index in [-0.39, 0.29) is 0 Å². The van der Waals surface area contributed by atoms with Gasteiger partial charge in [0.15, 0.2) is 5.89 Å². The zero-order valence-corrected chi connectivity index (χ0v) is 14.4. The van der Waals surface area contributed by atoms with Gasteiger partial charge in [-0.3, -0.25) is 4.90 Å². The van der Waals surface area contributed by atoms with Crippen LogP contribution in [0.2, 0.25) is 0 Å². The molecule has 0 aliphatic carbocycles. The maximum Gasteiger partial charge on any atom is 0.416 e. The lowest BCUT2D eigenvalue weighted by Gasteiger charge is -2.32. The third-order valence-corrected chi connectivity index (χ3v) is 4.75. The highest BCUT2D eigenvalue weighted by molar-refractivity contribution is 5.25. The fourth-order valence-electron chi connectivity index (χ4n) is 3.51. The van der Waals surface area contributed by atoms with Crippen LogP contribution in [0.5, 0.6) is 0 Å². The van der Waals surface area contributed by atoms with Gasteiger partial charge < -0.3 is 4.42 Å². The summed E-state index contributed by atoms with van der Waals surface area (Å²) in [6.07, 6.45) is 1.27. The maximum absolute atomic E-state index is 12.8. The highest BCUT2D eigenvalue weighted by Gasteiger charge is 2.30.